The van der Waals surface area contributed by atoms with Gasteiger partial charge in [-0.25, -0.2) is 9.79 Å². The van der Waals surface area contributed by atoms with E-state index >= 15 is 0 Å². The fourth-order valence-corrected chi connectivity index (χ4v) is 0.999. The number of aliphatic imine (C=N–C) groups is 1. The predicted octanol–water partition coefficient (Wildman–Crippen LogP) is 0.992. The van der Waals surface area contributed by atoms with Gasteiger partial charge in [0.1, 0.15) is 6.07 Å². The second-order valence-corrected chi connectivity index (χ2v) is 4.08. The molecule has 0 spiro atoms. The monoisotopic (exact) mass is 264 g/mol. The highest BCUT2D eigenvalue weighted by atomic mass is 16.5. The van der Waals surface area contributed by atoms with E-state index in [1.54, 1.807) is 43.1 Å². The summed E-state index contributed by atoms with van der Waals surface area (Å²) in [5, 5.41) is 9.08. The number of hydrogen-bond donors (Lipinski definition) is 0. The van der Waals surface area contributed by atoms with Gasteiger partial charge >= 0.3 is 5.97 Å². The molecule has 0 saturated heterocycles. The van der Waals surface area contributed by atoms with Crippen LogP contribution in [0.25, 0.3) is 0 Å². The smallest absolute Gasteiger partial charge is 0.351 e. The summed E-state index contributed by atoms with van der Waals surface area (Å²) in [6.07, 6.45) is 4.82. The highest BCUT2D eigenvalue weighted by Gasteiger charge is 2.14. The highest BCUT2D eigenvalue weighted by Crippen LogP contribution is 2.10. The maximum Gasteiger partial charge on any atom is 0.351 e. The SMILES string of the molecule is CCOC(=O)/C(C#N)=C(\C=C\N(C)C)N=CN(C)C. The fraction of sp³-hybridized carbons (Fsp3) is 0.462. The van der Waals surface area contributed by atoms with Gasteiger partial charge in [0, 0.05) is 34.4 Å². The molecule has 104 valence electrons. The van der Waals surface area contributed by atoms with Crippen LogP contribution in [0.5, 0.6) is 0 Å². The molecule has 0 N–H and O–H groups in total. The number of carbonyl (C=O) groups excluding carboxylic acids is 1. The Morgan fingerprint density at radius 3 is 2.37 bits per heavy atom. The van der Waals surface area contributed by atoms with Crippen LogP contribution in [0.2, 0.25) is 0 Å². The third kappa shape index (κ3) is 6.88. The third-order valence-corrected chi connectivity index (χ3v) is 1.81. The van der Waals surface area contributed by atoms with Crippen LogP contribution in [0.4, 0.5) is 0 Å². The van der Waals surface area contributed by atoms with Gasteiger partial charge in [-0.1, -0.05) is 0 Å². The molecule has 0 heterocycles. The number of esters is 1. The summed E-state index contributed by atoms with van der Waals surface area (Å²) in [6.45, 7) is 1.90. The van der Waals surface area contributed by atoms with Crippen LogP contribution >= 0.6 is 0 Å². The summed E-state index contributed by atoms with van der Waals surface area (Å²) in [5.41, 5.74) is 0.154. The van der Waals surface area contributed by atoms with Crippen LogP contribution in [0, 0.1) is 11.3 Å². The molecule has 0 aromatic carbocycles. The van der Waals surface area contributed by atoms with Gasteiger partial charge in [0.15, 0.2) is 5.57 Å². The van der Waals surface area contributed by atoms with Crippen molar-refractivity contribution in [1.29, 1.82) is 5.26 Å². The van der Waals surface area contributed by atoms with Gasteiger partial charge in [0.2, 0.25) is 0 Å². The second-order valence-electron chi connectivity index (χ2n) is 4.08. The van der Waals surface area contributed by atoms with E-state index in [2.05, 4.69) is 4.99 Å². The van der Waals surface area contributed by atoms with E-state index in [1.807, 2.05) is 20.2 Å². The lowest BCUT2D eigenvalue weighted by Gasteiger charge is -2.07. The lowest BCUT2D eigenvalue weighted by Crippen LogP contribution is -2.11. The van der Waals surface area contributed by atoms with Crippen molar-refractivity contribution in [3.05, 3.63) is 23.5 Å². The van der Waals surface area contributed by atoms with Crippen LogP contribution in [0.15, 0.2) is 28.5 Å². The maximum atomic E-state index is 11.7. The van der Waals surface area contributed by atoms with E-state index in [0.29, 0.717) is 0 Å². The van der Waals surface area contributed by atoms with Gasteiger partial charge < -0.3 is 14.5 Å². The van der Waals surface area contributed by atoms with Crippen molar-refractivity contribution in [1.82, 2.24) is 9.80 Å². The van der Waals surface area contributed by atoms with Gasteiger partial charge in [-0.3, -0.25) is 0 Å². The number of rotatable bonds is 6. The molecule has 0 aromatic heterocycles. The quantitative estimate of drug-likeness (QED) is 0.179. The molecule has 0 atom stereocenters. The Morgan fingerprint density at radius 1 is 1.32 bits per heavy atom. The zero-order chi connectivity index (χ0) is 14.8. The van der Waals surface area contributed by atoms with Gasteiger partial charge in [-0.05, 0) is 13.0 Å². The molecular weight excluding hydrogens is 244 g/mol. The third-order valence-electron chi connectivity index (χ3n) is 1.81. The molecular formula is C13H20N4O2. The minimum absolute atomic E-state index is 0.113. The number of hydrogen-bond acceptors (Lipinski definition) is 5. The van der Waals surface area contributed by atoms with Crippen LogP contribution in [0.1, 0.15) is 6.92 Å². The molecule has 0 aromatic rings. The molecule has 0 radical (unpaired) electrons. The van der Waals surface area contributed by atoms with Crippen molar-refractivity contribution in [3.63, 3.8) is 0 Å². The summed E-state index contributed by atoms with van der Waals surface area (Å²) in [6, 6.07) is 1.84. The minimum atomic E-state index is -0.667. The molecule has 0 amide bonds. The van der Waals surface area contributed by atoms with E-state index in [0.717, 1.165) is 0 Å². The first-order valence-electron chi connectivity index (χ1n) is 5.79. The summed E-state index contributed by atoms with van der Waals surface area (Å²) in [7, 11) is 7.26. The molecule has 6 heteroatoms. The predicted molar refractivity (Wildman–Crippen MR) is 74.3 cm³/mol. The van der Waals surface area contributed by atoms with Crippen LogP contribution in [0.3, 0.4) is 0 Å². The summed E-state index contributed by atoms with van der Waals surface area (Å²) < 4.78 is 4.84. The normalized spacial score (nSPS) is 12.2. The molecule has 19 heavy (non-hydrogen) atoms. The van der Waals surface area contributed by atoms with Gasteiger partial charge in [0.25, 0.3) is 0 Å². The Kier molecular flexibility index (Phi) is 7.70. The van der Waals surface area contributed by atoms with E-state index in [-0.39, 0.29) is 17.9 Å². The van der Waals surface area contributed by atoms with Crippen molar-refractivity contribution < 1.29 is 9.53 Å². The average molecular weight is 264 g/mol. The molecule has 0 aliphatic heterocycles. The first kappa shape index (κ1) is 16.7. The van der Waals surface area contributed by atoms with Crippen molar-refractivity contribution in [3.8, 4) is 6.07 Å². The van der Waals surface area contributed by atoms with E-state index in [1.165, 1.54) is 6.34 Å². The Labute approximate surface area is 114 Å². The summed E-state index contributed by atoms with van der Waals surface area (Å²) >= 11 is 0. The van der Waals surface area contributed by atoms with Crippen LogP contribution in [-0.2, 0) is 9.53 Å². The van der Waals surface area contributed by atoms with E-state index in [9.17, 15) is 4.79 Å². The molecule has 0 saturated carbocycles. The standard InChI is InChI=1S/C13H20N4O2/c1-6-19-13(18)11(9-14)12(7-8-16(2)3)15-10-17(4)5/h7-8,10H,6H2,1-5H3/b8-7+,12-11+,15-10?. The largest absolute Gasteiger partial charge is 0.462 e. The Bertz CT molecular complexity index is 408. The number of nitriles is 1. The maximum absolute atomic E-state index is 11.7. The van der Waals surface area contributed by atoms with Crippen LogP contribution in [-0.4, -0.2) is 56.9 Å². The highest BCUT2D eigenvalue weighted by molar-refractivity contribution is 5.94. The molecule has 0 bridgehead atoms. The lowest BCUT2D eigenvalue weighted by molar-refractivity contribution is -0.138. The van der Waals surface area contributed by atoms with Crippen molar-refractivity contribution >= 4 is 12.3 Å². The van der Waals surface area contributed by atoms with Gasteiger partial charge in [-0.15, -0.1) is 0 Å². The molecule has 0 fully saturated rings. The van der Waals surface area contributed by atoms with Crippen molar-refractivity contribution in [2.75, 3.05) is 34.8 Å². The number of carbonyl (C=O) groups is 1. The lowest BCUT2D eigenvalue weighted by atomic mass is 10.2. The first-order chi connectivity index (χ1) is 8.92. The molecule has 0 aliphatic rings. The Hall–Kier alpha value is -2.29. The van der Waals surface area contributed by atoms with Gasteiger partial charge in [-0.2, -0.15) is 5.26 Å². The van der Waals surface area contributed by atoms with E-state index < -0.39 is 5.97 Å². The first-order valence-corrected chi connectivity index (χ1v) is 5.79. The van der Waals surface area contributed by atoms with Crippen molar-refractivity contribution in [2.24, 2.45) is 4.99 Å². The van der Waals surface area contributed by atoms with Crippen LogP contribution < -0.4 is 0 Å². The average Bonchev–Trinajstić information content (AvgIpc) is 2.32. The Balaban J connectivity index is 5.49. The molecule has 0 unspecified atom stereocenters. The molecule has 0 rings (SSSR count). The minimum Gasteiger partial charge on any atom is -0.462 e. The summed E-state index contributed by atoms with van der Waals surface area (Å²) in [5.74, 6) is -0.667. The van der Waals surface area contributed by atoms with Gasteiger partial charge in [0.05, 0.1) is 18.6 Å². The fourth-order valence-electron chi connectivity index (χ4n) is 0.999. The molecule has 0 aliphatic carbocycles. The molecule has 6 nitrogen and oxygen atoms in total. The van der Waals surface area contributed by atoms with Crippen molar-refractivity contribution in [2.45, 2.75) is 6.92 Å². The zero-order valence-electron chi connectivity index (χ0n) is 12.0. The second kappa shape index (κ2) is 8.75. The topological polar surface area (TPSA) is 68.9 Å². The number of allylic oxidation sites excluding steroid dienone is 1. The number of nitrogens with zero attached hydrogens (tertiary/aromatic N) is 4. The zero-order valence-corrected chi connectivity index (χ0v) is 12.0. The van der Waals surface area contributed by atoms with E-state index in [4.69, 9.17) is 10.00 Å². The summed E-state index contributed by atoms with van der Waals surface area (Å²) in [4.78, 5) is 19.3. The number of ether oxygens (including phenoxy) is 1. The Morgan fingerprint density at radius 2 is 1.95 bits per heavy atom.